The Labute approximate surface area is 146 Å². The summed E-state index contributed by atoms with van der Waals surface area (Å²) in [5, 5.41) is 5.86. The molecular formula is C20H20FN2O2. The number of hydrogen-bond donors (Lipinski definition) is 2. The normalized spacial score (nSPS) is 19.2. The van der Waals surface area contributed by atoms with Crippen LogP contribution in [0.1, 0.15) is 24.0 Å². The highest BCUT2D eigenvalue weighted by molar-refractivity contribution is 5.87. The SMILES string of the molecule is O=[C][C@](Cc1ccccc1)(NC(=O)[C@@H]1CCCN1)c1ccccc1F. The quantitative estimate of drug-likeness (QED) is 0.849. The van der Waals surface area contributed by atoms with Gasteiger partial charge >= 0.3 is 0 Å². The second-order valence-corrected chi connectivity index (χ2v) is 6.29. The van der Waals surface area contributed by atoms with E-state index in [1.54, 1.807) is 12.1 Å². The lowest BCUT2D eigenvalue weighted by atomic mass is 9.84. The van der Waals surface area contributed by atoms with E-state index >= 15 is 0 Å². The number of carbonyl (C=O) groups excluding carboxylic acids is 2. The number of halogens is 1. The maximum absolute atomic E-state index is 14.5. The summed E-state index contributed by atoms with van der Waals surface area (Å²) in [6, 6.07) is 14.9. The Morgan fingerprint density at radius 2 is 1.92 bits per heavy atom. The first-order valence-corrected chi connectivity index (χ1v) is 8.38. The van der Waals surface area contributed by atoms with Crippen LogP contribution in [0.25, 0.3) is 0 Å². The van der Waals surface area contributed by atoms with E-state index < -0.39 is 11.4 Å². The zero-order chi connectivity index (χ0) is 17.7. The van der Waals surface area contributed by atoms with Gasteiger partial charge in [0.25, 0.3) is 0 Å². The molecule has 2 aromatic carbocycles. The van der Waals surface area contributed by atoms with Gasteiger partial charge in [-0.25, -0.2) is 4.39 Å². The molecule has 25 heavy (non-hydrogen) atoms. The number of hydrogen-bond acceptors (Lipinski definition) is 3. The van der Waals surface area contributed by atoms with Crippen molar-refractivity contribution in [1.82, 2.24) is 10.6 Å². The minimum atomic E-state index is -1.56. The lowest BCUT2D eigenvalue weighted by molar-refractivity contribution is -0.124. The summed E-state index contributed by atoms with van der Waals surface area (Å²) in [6.45, 7) is 0.758. The third-order valence-corrected chi connectivity index (χ3v) is 4.53. The number of rotatable bonds is 6. The van der Waals surface area contributed by atoms with Gasteiger partial charge in [0, 0.05) is 12.0 Å². The summed E-state index contributed by atoms with van der Waals surface area (Å²) in [5.41, 5.74) is -0.623. The molecule has 1 saturated heterocycles. The minimum Gasteiger partial charge on any atom is -0.338 e. The molecule has 1 aliphatic rings. The summed E-state index contributed by atoms with van der Waals surface area (Å²) in [4.78, 5) is 24.6. The van der Waals surface area contributed by atoms with Crippen LogP contribution in [0.4, 0.5) is 4.39 Å². The second kappa shape index (κ2) is 7.57. The van der Waals surface area contributed by atoms with Crippen LogP contribution >= 0.6 is 0 Å². The van der Waals surface area contributed by atoms with E-state index in [-0.39, 0.29) is 23.9 Å². The van der Waals surface area contributed by atoms with E-state index in [9.17, 15) is 14.0 Å². The van der Waals surface area contributed by atoms with Crippen LogP contribution in [0.2, 0.25) is 0 Å². The molecule has 0 aromatic heterocycles. The Balaban J connectivity index is 1.98. The molecule has 0 aliphatic carbocycles. The predicted octanol–water partition coefficient (Wildman–Crippen LogP) is 2.24. The second-order valence-electron chi connectivity index (χ2n) is 6.29. The average Bonchev–Trinajstić information content (AvgIpc) is 3.17. The number of amides is 1. The monoisotopic (exact) mass is 339 g/mol. The molecule has 4 nitrogen and oxygen atoms in total. The summed E-state index contributed by atoms with van der Waals surface area (Å²) in [5.74, 6) is -0.846. The van der Waals surface area contributed by atoms with Gasteiger partial charge in [-0.05, 0) is 31.0 Å². The molecule has 0 saturated carbocycles. The number of benzene rings is 2. The molecule has 1 fully saturated rings. The number of nitrogens with one attached hydrogen (secondary N) is 2. The maximum atomic E-state index is 14.5. The smallest absolute Gasteiger partial charge is 0.238 e. The van der Waals surface area contributed by atoms with Gasteiger partial charge in [-0.3, -0.25) is 9.59 Å². The first-order chi connectivity index (χ1) is 12.1. The van der Waals surface area contributed by atoms with E-state index in [0.29, 0.717) is 6.42 Å². The van der Waals surface area contributed by atoms with E-state index in [2.05, 4.69) is 10.6 Å². The van der Waals surface area contributed by atoms with Crippen molar-refractivity contribution in [3.8, 4) is 0 Å². The van der Waals surface area contributed by atoms with Crippen LogP contribution < -0.4 is 10.6 Å². The Morgan fingerprint density at radius 3 is 2.56 bits per heavy atom. The number of carbonyl (C=O) groups is 1. The molecule has 2 aromatic rings. The van der Waals surface area contributed by atoms with Crippen LogP contribution in [0, 0.1) is 5.82 Å². The molecule has 1 radical (unpaired) electrons. The standard InChI is InChI=1S/C20H20FN2O2/c21-17-10-5-4-9-16(17)20(14-24,13-15-7-2-1-3-8-15)23-19(25)18-11-6-12-22-18/h1-5,7-10,18,22H,6,11-13H2,(H,23,25)/t18-,20-/m0/s1. The lowest BCUT2D eigenvalue weighted by Crippen LogP contribution is -2.54. The minimum absolute atomic E-state index is 0.125. The maximum Gasteiger partial charge on any atom is 0.238 e. The zero-order valence-corrected chi connectivity index (χ0v) is 13.8. The lowest BCUT2D eigenvalue weighted by Gasteiger charge is -2.31. The summed E-state index contributed by atoms with van der Waals surface area (Å²) in [7, 11) is 0. The molecule has 129 valence electrons. The molecule has 2 N–H and O–H groups in total. The van der Waals surface area contributed by atoms with E-state index in [0.717, 1.165) is 18.5 Å². The third-order valence-electron chi connectivity index (χ3n) is 4.53. The highest BCUT2D eigenvalue weighted by atomic mass is 19.1. The van der Waals surface area contributed by atoms with Crippen LogP contribution in [-0.2, 0) is 21.5 Å². The highest BCUT2D eigenvalue weighted by Crippen LogP contribution is 2.27. The molecule has 0 unspecified atom stereocenters. The first kappa shape index (κ1) is 17.3. The summed E-state index contributed by atoms with van der Waals surface area (Å²) < 4.78 is 14.5. The Morgan fingerprint density at radius 1 is 1.20 bits per heavy atom. The van der Waals surface area contributed by atoms with Crippen molar-refractivity contribution in [2.45, 2.75) is 30.8 Å². The van der Waals surface area contributed by atoms with Crippen molar-refractivity contribution in [1.29, 1.82) is 0 Å². The molecule has 2 atom stereocenters. The zero-order valence-electron chi connectivity index (χ0n) is 13.8. The van der Waals surface area contributed by atoms with Crippen molar-refractivity contribution in [3.63, 3.8) is 0 Å². The molecular weight excluding hydrogens is 319 g/mol. The molecule has 0 spiro atoms. The molecule has 5 heteroatoms. The van der Waals surface area contributed by atoms with Crippen LogP contribution in [0.15, 0.2) is 54.6 Å². The van der Waals surface area contributed by atoms with Gasteiger partial charge in [-0.1, -0.05) is 48.5 Å². The van der Waals surface area contributed by atoms with Gasteiger partial charge in [0.15, 0.2) is 0 Å². The highest BCUT2D eigenvalue weighted by Gasteiger charge is 2.39. The summed E-state index contributed by atoms with van der Waals surface area (Å²) >= 11 is 0. The van der Waals surface area contributed by atoms with Crippen molar-refractivity contribution >= 4 is 12.2 Å². The molecule has 1 amide bonds. The fourth-order valence-corrected chi connectivity index (χ4v) is 3.24. The Bertz CT molecular complexity index is 744. The van der Waals surface area contributed by atoms with Crippen molar-refractivity contribution < 1.29 is 14.0 Å². The molecule has 1 heterocycles. The van der Waals surface area contributed by atoms with E-state index in [1.165, 1.54) is 12.1 Å². The third kappa shape index (κ3) is 3.77. The van der Waals surface area contributed by atoms with Crippen molar-refractivity contribution in [2.24, 2.45) is 0 Å². The fourth-order valence-electron chi connectivity index (χ4n) is 3.24. The van der Waals surface area contributed by atoms with Gasteiger partial charge in [-0.15, -0.1) is 0 Å². The average molecular weight is 339 g/mol. The predicted molar refractivity (Wildman–Crippen MR) is 93.1 cm³/mol. The molecule has 1 aliphatic heterocycles. The van der Waals surface area contributed by atoms with Gasteiger partial charge < -0.3 is 10.6 Å². The Kier molecular flexibility index (Phi) is 5.24. The van der Waals surface area contributed by atoms with Crippen molar-refractivity contribution in [3.05, 3.63) is 71.5 Å². The Hall–Kier alpha value is -2.53. The van der Waals surface area contributed by atoms with Crippen molar-refractivity contribution in [2.75, 3.05) is 6.54 Å². The van der Waals surface area contributed by atoms with Crippen LogP contribution in [0.5, 0.6) is 0 Å². The van der Waals surface area contributed by atoms with Gasteiger partial charge in [0.05, 0.1) is 6.04 Å². The van der Waals surface area contributed by atoms with Gasteiger partial charge in [0.2, 0.25) is 12.2 Å². The molecule has 0 bridgehead atoms. The largest absolute Gasteiger partial charge is 0.338 e. The fraction of sp³-hybridized carbons (Fsp3) is 0.300. The first-order valence-electron chi connectivity index (χ1n) is 8.38. The summed E-state index contributed by atoms with van der Waals surface area (Å²) in [6.07, 6.45) is 3.66. The van der Waals surface area contributed by atoms with Gasteiger partial charge in [0.1, 0.15) is 11.4 Å². The van der Waals surface area contributed by atoms with Crippen LogP contribution in [-0.4, -0.2) is 24.8 Å². The van der Waals surface area contributed by atoms with E-state index in [1.807, 2.05) is 36.6 Å². The van der Waals surface area contributed by atoms with Gasteiger partial charge in [-0.2, -0.15) is 0 Å². The van der Waals surface area contributed by atoms with Crippen LogP contribution in [0.3, 0.4) is 0 Å². The topological polar surface area (TPSA) is 58.2 Å². The van der Waals surface area contributed by atoms with E-state index in [4.69, 9.17) is 0 Å². The molecule has 3 rings (SSSR count).